The van der Waals surface area contributed by atoms with Gasteiger partial charge in [0.05, 0.1) is 19.8 Å². The minimum absolute atomic E-state index is 0.0124. The number of halogens is 1. The molecule has 5 unspecified atom stereocenters. The molecular formula is C65H101IN6O18. The van der Waals surface area contributed by atoms with Crippen molar-refractivity contribution in [1.82, 2.24) is 31.9 Å². The van der Waals surface area contributed by atoms with Crippen molar-refractivity contribution < 1.29 is 85.8 Å². The summed E-state index contributed by atoms with van der Waals surface area (Å²) in [6, 6.07) is 5.46. The summed E-state index contributed by atoms with van der Waals surface area (Å²) in [5.74, 6) is -7.38. The van der Waals surface area contributed by atoms with E-state index < -0.39 is 136 Å². The molecular weight excluding hydrogens is 1280 g/mol. The Morgan fingerprint density at radius 2 is 0.944 bits per heavy atom. The van der Waals surface area contributed by atoms with Crippen LogP contribution in [0.2, 0.25) is 0 Å². The second-order valence-electron chi connectivity index (χ2n) is 28.2. The average molecular weight is 1380 g/mol. The summed E-state index contributed by atoms with van der Waals surface area (Å²) >= 11 is 2.20. The van der Waals surface area contributed by atoms with Gasteiger partial charge in [-0.25, -0.2) is 14.4 Å². The van der Waals surface area contributed by atoms with Crippen LogP contribution in [-0.2, 0) is 87.5 Å². The van der Waals surface area contributed by atoms with E-state index >= 15 is 0 Å². The highest BCUT2D eigenvalue weighted by atomic mass is 127. The SMILES string of the molecule is CC(C)(C)OC(=O)CCC(NC(=O)COCC1(CI)COC(C)(C)OC1)C(=O)NC(CCC(=O)OC(C)(C)C)C(=O)NC(Cc1ccc2ccccc2c1)C(=O)NCCCCC(NC(=O)NC(CCC(=O)OC(C)(C)C)C(=O)OC(C)(C)C)C(=O)OC(C)(C)C. The fourth-order valence-corrected chi connectivity index (χ4v) is 9.46. The molecule has 0 aromatic heterocycles. The predicted molar refractivity (Wildman–Crippen MR) is 345 cm³/mol. The molecule has 0 bridgehead atoms. The molecule has 506 valence electrons. The Balaban J connectivity index is 1.91. The first-order valence-electron chi connectivity index (χ1n) is 30.7. The van der Waals surface area contributed by atoms with Crippen LogP contribution in [0.25, 0.3) is 10.8 Å². The number of urea groups is 1. The number of amides is 6. The molecule has 0 aliphatic carbocycles. The lowest BCUT2D eigenvalue weighted by Gasteiger charge is -2.42. The van der Waals surface area contributed by atoms with Gasteiger partial charge in [-0.1, -0.05) is 65.1 Å². The largest absolute Gasteiger partial charge is 0.460 e. The Morgan fingerprint density at radius 1 is 0.511 bits per heavy atom. The average Bonchev–Trinajstić information content (AvgIpc) is 2.63. The molecule has 1 aliphatic heterocycles. The summed E-state index contributed by atoms with van der Waals surface area (Å²) in [6.07, 6.45) is -1.20. The van der Waals surface area contributed by atoms with Gasteiger partial charge in [-0.05, 0) is 173 Å². The molecule has 0 radical (unpaired) electrons. The van der Waals surface area contributed by atoms with Crippen LogP contribution in [0, 0.1) is 5.41 Å². The zero-order valence-corrected chi connectivity index (χ0v) is 58.1. The van der Waals surface area contributed by atoms with E-state index in [0.717, 1.165) is 10.8 Å². The first-order chi connectivity index (χ1) is 41.4. The summed E-state index contributed by atoms with van der Waals surface area (Å²) in [4.78, 5) is 137. The minimum Gasteiger partial charge on any atom is -0.460 e. The Hall–Kier alpha value is -6.19. The van der Waals surface area contributed by atoms with Crippen LogP contribution in [0.1, 0.15) is 181 Å². The minimum atomic E-state index is -1.51. The molecule has 6 N–H and O–H groups in total. The quantitative estimate of drug-likeness (QED) is 0.0140. The van der Waals surface area contributed by atoms with Crippen LogP contribution >= 0.6 is 22.6 Å². The molecule has 6 amide bonds. The fraction of sp³-hybridized carbons (Fsp3) is 0.692. The lowest BCUT2D eigenvalue weighted by molar-refractivity contribution is -0.286. The number of hydrogen-bond acceptors (Lipinski definition) is 18. The lowest BCUT2D eigenvalue weighted by atomic mass is 9.93. The second-order valence-corrected chi connectivity index (χ2v) is 28.9. The molecule has 2 aromatic rings. The van der Waals surface area contributed by atoms with Crippen LogP contribution in [0.3, 0.4) is 0 Å². The van der Waals surface area contributed by atoms with E-state index in [1.165, 1.54) is 0 Å². The number of rotatable bonds is 31. The normalized spacial score (nSPS) is 15.9. The fourth-order valence-electron chi connectivity index (χ4n) is 8.80. The monoisotopic (exact) mass is 1380 g/mol. The van der Waals surface area contributed by atoms with Gasteiger partial charge in [0.25, 0.3) is 0 Å². The number of fused-ring (bicyclic) bond motifs is 1. The highest BCUT2D eigenvalue weighted by Crippen LogP contribution is 2.32. The third-order valence-electron chi connectivity index (χ3n) is 12.9. The van der Waals surface area contributed by atoms with Crippen molar-refractivity contribution in [1.29, 1.82) is 0 Å². The van der Waals surface area contributed by atoms with Crippen LogP contribution in [-0.4, -0.2) is 161 Å². The lowest BCUT2D eigenvalue weighted by Crippen LogP contribution is -2.57. The van der Waals surface area contributed by atoms with Gasteiger partial charge < -0.3 is 69.8 Å². The first-order valence-corrected chi connectivity index (χ1v) is 32.2. The van der Waals surface area contributed by atoms with E-state index in [2.05, 4.69) is 54.5 Å². The third kappa shape index (κ3) is 31.7. The van der Waals surface area contributed by atoms with Gasteiger partial charge in [-0.3, -0.25) is 33.6 Å². The smallest absolute Gasteiger partial charge is 0.329 e. The van der Waals surface area contributed by atoms with Crippen molar-refractivity contribution in [3.05, 3.63) is 48.0 Å². The van der Waals surface area contributed by atoms with Crippen LogP contribution in [0.4, 0.5) is 4.79 Å². The Labute approximate surface area is 544 Å². The van der Waals surface area contributed by atoms with Crippen molar-refractivity contribution in [2.45, 2.75) is 246 Å². The molecule has 24 nitrogen and oxygen atoms in total. The molecule has 3 rings (SSSR count). The molecule has 0 spiro atoms. The number of carbonyl (C=O) groups is 10. The van der Waals surface area contributed by atoms with E-state index in [-0.39, 0.29) is 77.4 Å². The molecule has 90 heavy (non-hydrogen) atoms. The topological polar surface area (TPSA) is 317 Å². The van der Waals surface area contributed by atoms with Gasteiger partial charge in [-0.2, -0.15) is 0 Å². The van der Waals surface area contributed by atoms with E-state index in [4.69, 9.17) is 37.9 Å². The Bertz CT molecular complexity index is 2760. The molecule has 0 saturated carbocycles. The van der Waals surface area contributed by atoms with Crippen molar-refractivity contribution in [2.24, 2.45) is 5.41 Å². The maximum absolute atomic E-state index is 14.7. The van der Waals surface area contributed by atoms with E-state index in [0.29, 0.717) is 23.2 Å². The van der Waals surface area contributed by atoms with Gasteiger partial charge in [0.15, 0.2) is 5.79 Å². The van der Waals surface area contributed by atoms with Crippen LogP contribution in [0.15, 0.2) is 42.5 Å². The molecule has 5 atom stereocenters. The van der Waals surface area contributed by atoms with Gasteiger partial charge in [0, 0.05) is 42.1 Å². The van der Waals surface area contributed by atoms with Gasteiger partial charge in [0.1, 0.15) is 64.8 Å². The summed E-state index contributed by atoms with van der Waals surface area (Å²) in [7, 11) is 0. The molecule has 25 heteroatoms. The Kier molecular flexibility index (Phi) is 29.9. The zero-order valence-electron chi connectivity index (χ0n) is 56.0. The number of benzene rings is 2. The predicted octanol–water partition coefficient (Wildman–Crippen LogP) is 7.43. The number of nitrogens with one attached hydrogen (secondary N) is 6. The maximum atomic E-state index is 14.7. The van der Waals surface area contributed by atoms with E-state index in [1.807, 2.05) is 42.5 Å². The highest BCUT2D eigenvalue weighted by molar-refractivity contribution is 14.1. The third-order valence-corrected chi connectivity index (χ3v) is 14.5. The zero-order chi connectivity index (χ0) is 68.1. The number of hydrogen-bond donors (Lipinski definition) is 6. The molecule has 1 fully saturated rings. The second kappa shape index (κ2) is 34.5. The number of carbonyl (C=O) groups excluding carboxylic acids is 10. The van der Waals surface area contributed by atoms with Crippen molar-refractivity contribution in [2.75, 3.05) is 37.4 Å². The first kappa shape index (κ1) is 78.1. The number of unbranched alkanes of at least 4 members (excludes halogenated alkanes) is 1. The van der Waals surface area contributed by atoms with Gasteiger partial charge >= 0.3 is 35.9 Å². The van der Waals surface area contributed by atoms with Crippen molar-refractivity contribution in [3.8, 4) is 0 Å². The van der Waals surface area contributed by atoms with Crippen LogP contribution in [0.5, 0.6) is 0 Å². The summed E-state index contributed by atoms with van der Waals surface area (Å²) in [5, 5.41) is 17.9. The van der Waals surface area contributed by atoms with Gasteiger partial charge in [-0.15, -0.1) is 0 Å². The number of ether oxygens (including phenoxy) is 8. The van der Waals surface area contributed by atoms with Crippen molar-refractivity contribution >= 4 is 92.9 Å². The summed E-state index contributed by atoms with van der Waals surface area (Å²) in [5.41, 5.74) is -4.34. The van der Waals surface area contributed by atoms with E-state index in [9.17, 15) is 47.9 Å². The molecule has 1 heterocycles. The summed E-state index contributed by atoms with van der Waals surface area (Å²) < 4.78 is 45.8. The molecule has 1 aliphatic rings. The number of alkyl halides is 1. The van der Waals surface area contributed by atoms with Gasteiger partial charge in [0.2, 0.25) is 23.6 Å². The molecule has 2 aromatic carbocycles. The van der Waals surface area contributed by atoms with Crippen molar-refractivity contribution in [3.63, 3.8) is 0 Å². The highest BCUT2D eigenvalue weighted by Gasteiger charge is 2.41. The van der Waals surface area contributed by atoms with Crippen LogP contribution < -0.4 is 31.9 Å². The maximum Gasteiger partial charge on any atom is 0.329 e. The number of esters is 5. The molecule has 1 saturated heterocycles. The Morgan fingerprint density at radius 3 is 1.41 bits per heavy atom. The summed E-state index contributed by atoms with van der Waals surface area (Å²) in [6.45, 7) is 28.9. The standard InChI is InChI=1S/C65H101IN6O18/c1-59(2,3)86-50(74)30-27-44(68-49(73)36-83-38-65(37-66)39-84-64(16,17)85-40-65)54(78)69-45(28-31-51(75)87-60(4,5)6)55(79)70-48(35-41-25-26-42-22-18-19-23-43(42)34-41)53(77)67-33-21-20-24-46(56(80)89-62(10,11)12)71-58(82)72-47(57(81)90-63(13,14)15)29-32-52(76)88-61(7,8)9/h18-19,22-23,25-26,34,44-48H,20-21,24,27-33,35-40H2,1-17H3,(H,67,77)(H,68,73)(H,69,78)(H,70,79)(H2,71,72,82). The van der Waals surface area contributed by atoms with E-state index in [1.54, 1.807) is 118 Å².